The van der Waals surface area contributed by atoms with Crippen molar-refractivity contribution in [3.8, 4) is 5.75 Å². The summed E-state index contributed by atoms with van der Waals surface area (Å²) in [5.41, 5.74) is 0.956. The number of hydrogen-bond acceptors (Lipinski definition) is 6. The Kier molecular flexibility index (Phi) is 6.29. The minimum absolute atomic E-state index is 0.0487. The van der Waals surface area contributed by atoms with E-state index in [0.717, 1.165) is 11.3 Å². The number of carboxylic acids is 1. The van der Waals surface area contributed by atoms with Gasteiger partial charge in [0.1, 0.15) is 5.75 Å². The van der Waals surface area contributed by atoms with E-state index in [1.165, 1.54) is 11.8 Å². The second kappa shape index (κ2) is 8.52. The Labute approximate surface area is 167 Å². The molecule has 0 spiro atoms. The number of ether oxygens (including phenoxy) is 1. The van der Waals surface area contributed by atoms with E-state index in [4.69, 9.17) is 9.84 Å². The molecular formula is C18H22N2O6S2. The first kappa shape index (κ1) is 20.7. The maximum Gasteiger partial charge on any atom is 0.303 e. The van der Waals surface area contributed by atoms with Crippen molar-refractivity contribution in [2.75, 3.05) is 18.6 Å². The standard InChI is InChI=1S/C18H22N2O6S2/c1-26-13-7-5-12(6-8-13)9-20-14-10-28(24,25)11-15(14)27-18(20)19-16(21)3-2-4-17(22)23/h5-8,14-15H,2-4,9-11H2,1H3,(H,22,23). The minimum atomic E-state index is -3.10. The van der Waals surface area contributed by atoms with Crippen LogP contribution in [-0.4, -0.2) is 65.4 Å². The maximum atomic E-state index is 12.2. The van der Waals surface area contributed by atoms with Crippen LogP contribution in [0.25, 0.3) is 0 Å². The summed E-state index contributed by atoms with van der Waals surface area (Å²) < 4.78 is 29.2. The molecule has 2 atom stereocenters. The highest BCUT2D eigenvalue weighted by molar-refractivity contribution is 8.15. The van der Waals surface area contributed by atoms with Crippen LogP contribution < -0.4 is 4.74 Å². The molecule has 0 radical (unpaired) electrons. The summed E-state index contributed by atoms with van der Waals surface area (Å²) in [5, 5.41) is 9.06. The topological polar surface area (TPSA) is 113 Å². The first-order chi connectivity index (χ1) is 13.3. The van der Waals surface area contributed by atoms with Gasteiger partial charge in [-0.15, -0.1) is 0 Å². The molecular weight excluding hydrogens is 404 g/mol. The SMILES string of the molecule is COc1ccc(CN2C(=NC(=O)CCCC(=O)O)SC3CS(=O)(=O)CC32)cc1. The van der Waals surface area contributed by atoms with Crippen LogP contribution in [0.2, 0.25) is 0 Å². The Morgan fingerprint density at radius 1 is 1.25 bits per heavy atom. The average Bonchev–Trinajstić information content (AvgIpc) is 3.07. The fraction of sp³-hybridized carbons (Fsp3) is 0.500. The summed E-state index contributed by atoms with van der Waals surface area (Å²) in [5.74, 6) is -0.480. The molecule has 8 nitrogen and oxygen atoms in total. The van der Waals surface area contributed by atoms with Gasteiger partial charge >= 0.3 is 5.97 Å². The van der Waals surface area contributed by atoms with Gasteiger partial charge in [-0.05, 0) is 24.1 Å². The quantitative estimate of drug-likeness (QED) is 0.699. The van der Waals surface area contributed by atoms with Gasteiger partial charge < -0.3 is 14.7 Å². The van der Waals surface area contributed by atoms with Gasteiger partial charge in [0.05, 0.1) is 24.7 Å². The van der Waals surface area contributed by atoms with Crippen molar-refractivity contribution in [3.05, 3.63) is 29.8 Å². The number of aliphatic imine (C=N–C) groups is 1. The highest BCUT2D eigenvalue weighted by atomic mass is 32.2. The lowest BCUT2D eigenvalue weighted by Gasteiger charge is -2.24. The molecule has 2 aliphatic rings. The molecule has 2 saturated heterocycles. The molecule has 152 valence electrons. The number of sulfone groups is 1. The smallest absolute Gasteiger partial charge is 0.303 e. The zero-order valence-electron chi connectivity index (χ0n) is 15.4. The van der Waals surface area contributed by atoms with Gasteiger partial charge in [-0.3, -0.25) is 9.59 Å². The van der Waals surface area contributed by atoms with E-state index in [9.17, 15) is 18.0 Å². The van der Waals surface area contributed by atoms with E-state index < -0.39 is 15.8 Å². The Balaban J connectivity index is 1.76. The van der Waals surface area contributed by atoms with Crippen molar-refractivity contribution in [1.82, 2.24) is 4.90 Å². The Bertz CT molecular complexity index is 882. The highest BCUT2D eigenvalue weighted by Gasteiger charge is 2.48. The Hall–Kier alpha value is -2.07. The molecule has 2 heterocycles. The second-order valence-electron chi connectivity index (χ2n) is 6.81. The van der Waals surface area contributed by atoms with E-state index in [2.05, 4.69) is 4.99 Å². The van der Waals surface area contributed by atoms with Gasteiger partial charge in [-0.2, -0.15) is 4.99 Å². The van der Waals surface area contributed by atoms with Gasteiger partial charge in [-0.25, -0.2) is 8.42 Å². The van der Waals surface area contributed by atoms with E-state index >= 15 is 0 Å². The van der Waals surface area contributed by atoms with Gasteiger partial charge in [-0.1, -0.05) is 23.9 Å². The third-order valence-electron chi connectivity index (χ3n) is 4.69. The predicted octanol–water partition coefficient (Wildman–Crippen LogP) is 1.55. The van der Waals surface area contributed by atoms with Crippen LogP contribution in [0.4, 0.5) is 0 Å². The monoisotopic (exact) mass is 426 g/mol. The van der Waals surface area contributed by atoms with Crippen molar-refractivity contribution in [1.29, 1.82) is 0 Å². The number of methoxy groups -OCH3 is 1. The molecule has 0 saturated carbocycles. The average molecular weight is 427 g/mol. The second-order valence-corrected chi connectivity index (χ2v) is 10.2. The summed E-state index contributed by atoms with van der Waals surface area (Å²) in [4.78, 5) is 28.8. The lowest BCUT2D eigenvalue weighted by molar-refractivity contribution is -0.137. The number of thioether (sulfide) groups is 1. The molecule has 3 rings (SSSR count). The lowest BCUT2D eigenvalue weighted by atomic mass is 10.1. The van der Waals surface area contributed by atoms with Gasteiger partial charge in [0, 0.05) is 24.6 Å². The summed E-state index contributed by atoms with van der Waals surface area (Å²) >= 11 is 1.32. The first-order valence-electron chi connectivity index (χ1n) is 8.87. The molecule has 2 aliphatic heterocycles. The number of amides is 1. The summed E-state index contributed by atoms with van der Waals surface area (Å²) in [6.45, 7) is 0.439. The van der Waals surface area contributed by atoms with Crippen LogP contribution in [0.5, 0.6) is 5.75 Å². The third kappa shape index (κ3) is 5.05. The highest BCUT2D eigenvalue weighted by Crippen LogP contribution is 2.39. The summed E-state index contributed by atoms with van der Waals surface area (Å²) in [6, 6.07) is 7.23. The van der Waals surface area contributed by atoms with Crippen molar-refractivity contribution in [3.63, 3.8) is 0 Å². The fourth-order valence-electron chi connectivity index (χ4n) is 3.30. The van der Waals surface area contributed by atoms with E-state index in [0.29, 0.717) is 11.7 Å². The largest absolute Gasteiger partial charge is 0.497 e. The van der Waals surface area contributed by atoms with E-state index in [-0.39, 0.29) is 48.0 Å². The molecule has 1 aromatic carbocycles. The number of carbonyl (C=O) groups excluding carboxylic acids is 1. The normalized spacial score (nSPS) is 24.3. The molecule has 2 unspecified atom stereocenters. The van der Waals surface area contributed by atoms with Crippen molar-refractivity contribution >= 4 is 38.6 Å². The molecule has 10 heteroatoms. The maximum absolute atomic E-state index is 12.2. The molecule has 1 N–H and O–H groups in total. The van der Waals surface area contributed by atoms with Crippen LogP contribution >= 0.6 is 11.8 Å². The molecule has 28 heavy (non-hydrogen) atoms. The number of benzene rings is 1. The van der Waals surface area contributed by atoms with Crippen LogP contribution in [0.3, 0.4) is 0 Å². The predicted molar refractivity (Wildman–Crippen MR) is 106 cm³/mol. The van der Waals surface area contributed by atoms with Crippen molar-refractivity contribution in [2.24, 2.45) is 4.99 Å². The van der Waals surface area contributed by atoms with Crippen LogP contribution in [0.1, 0.15) is 24.8 Å². The van der Waals surface area contributed by atoms with Gasteiger partial charge in [0.15, 0.2) is 15.0 Å². The molecule has 1 aromatic rings. The van der Waals surface area contributed by atoms with E-state index in [1.54, 1.807) is 7.11 Å². The number of carbonyl (C=O) groups is 2. The van der Waals surface area contributed by atoms with Crippen molar-refractivity contribution in [2.45, 2.75) is 37.1 Å². The van der Waals surface area contributed by atoms with E-state index in [1.807, 2.05) is 29.2 Å². The lowest BCUT2D eigenvalue weighted by Crippen LogP contribution is -2.37. The third-order valence-corrected chi connectivity index (χ3v) is 7.94. The minimum Gasteiger partial charge on any atom is -0.497 e. The Morgan fingerprint density at radius 3 is 2.61 bits per heavy atom. The number of amidine groups is 1. The summed E-state index contributed by atoms with van der Waals surface area (Å²) in [7, 11) is -1.52. The number of hydrogen-bond donors (Lipinski definition) is 1. The number of fused-ring (bicyclic) bond motifs is 1. The van der Waals surface area contributed by atoms with Crippen LogP contribution in [0.15, 0.2) is 29.3 Å². The summed E-state index contributed by atoms with van der Waals surface area (Å²) in [6.07, 6.45) is 0.207. The zero-order valence-corrected chi connectivity index (χ0v) is 17.0. The number of carboxylic acid groups (broad SMARTS) is 1. The fourth-order valence-corrected chi connectivity index (χ4v) is 7.27. The molecule has 1 amide bonds. The first-order valence-corrected chi connectivity index (χ1v) is 11.6. The number of rotatable bonds is 7. The number of aliphatic carboxylic acids is 1. The van der Waals surface area contributed by atoms with Gasteiger partial charge in [0.2, 0.25) is 5.91 Å². The molecule has 0 bridgehead atoms. The van der Waals surface area contributed by atoms with Crippen molar-refractivity contribution < 1.29 is 27.9 Å². The number of nitrogens with zero attached hydrogens (tertiary/aromatic N) is 2. The molecule has 0 aromatic heterocycles. The van der Waals surface area contributed by atoms with Crippen LogP contribution in [-0.2, 0) is 26.0 Å². The molecule has 2 fully saturated rings. The molecule has 0 aliphatic carbocycles. The Morgan fingerprint density at radius 2 is 1.96 bits per heavy atom. The van der Waals surface area contributed by atoms with Crippen LogP contribution in [0, 0.1) is 0 Å². The zero-order chi connectivity index (χ0) is 20.3. The van der Waals surface area contributed by atoms with Gasteiger partial charge in [0.25, 0.3) is 0 Å².